The first-order valence-electron chi connectivity index (χ1n) is 5.61. The summed E-state index contributed by atoms with van der Waals surface area (Å²) >= 11 is 0. The second kappa shape index (κ2) is 5.60. The van der Waals surface area contributed by atoms with Crippen LogP contribution in [0.1, 0.15) is 17.2 Å². The zero-order chi connectivity index (χ0) is 13.0. The van der Waals surface area contributed by atoms with Gasteiger partial charge in [-0.05, 0) is 35.4 Å². The summed E-state index contributed by atoms with van der Waals surface area (Å²) in [5.74, 6) is -0.214. The molecule has 1 N–H and O–H groups in total. The van der Waals surface area contributed by atoms with Gasteiger partial charge < -0.3 is 9.84 Å². The largest absolute Gasteiger partial charge is 0.494 e. The summed E-state index contributed by atoms with van der Waals surface area (Å²) < 4.78 is 18.3. The summed E-state index contributed by atoms with van der Waals surface area (Å²) in [6.45, 7) is 0. The molecule has 1 aromatic heterocycles. The molecule has 0 spiro atoms. The molecular formula is C14H14FNO2. The number of halogens is 1. The number of methoxy groups -OCH3 is 1. The van der Waals surface area contributed by atoms with Gasteiger partial charge in [0.15, 0.2) is 11.6 Å². The van der Waals surface area contributed by atoms with Crippen molar-refractivity contribution in [1.82, 2.24) is 4.98 Å². The van der Waals surface area contributed by atoms with E-state index >= 15 is 0 Å². The van der Waals surface area contributed by atoms with Gasteiger partial charge >= 0.3 is 0 Å². The van der Waals surface area contributed by atoms with Crippen molar-refractivity contribution in [3.8, 4) is 5.75 Å². The Balaban J connectivity index is 2.12. The van der Waals surface area contributed by atoms with Crippen LogP contribution in [0.3, 0.4) is 0 Å². The van der Waals surface area contributed by atoms with Gasteiger partial charge in [0.05, 0.1) is 13.2 Å². The predicted octanol–water partition coefficient (Wildman–Crippen LogP) is 2.51. The first-order chi connectivity index (χ1) is 8.70. The predicted molar refractivity (Wildman–Crippen MR) is 65.9 cm³/mol. The number of aliphatic hydroxyl groups is 1. The molecule has 1 unspecified atom stereocenters. The molecule has 94 valence electrons. The molecule has 2 aromatic rings. The molecule has 18 heavy (non-hydrogen) atoms. The Morgan fingerprint density at radius 3 is 2.61 bits per heavy atom. The van der Waals surface area contributed by atoms with Crippen LogP contribution in [0.25, 0.3) is 0 Å². The molecule has 0 saturated carbocycles. The number of aromatic nitrogens is 1. The maximum atomic E-state index is 13.5. The molecule has 0 radical (unpaired) electrons. The van der Waals surface area contributed by atoms with Gasteiger partial charge in [0.1, 0.15) is 0 Å². The monoisotopic (exact) mass is 247 g/mol. The zero-order valence-corrected chi connectivity index (χ0v) is 10.0. The summed E-state index contributed by atoms with van der Waals surface area (Å²) in [5.41, 5.74) is 1.49. The number of pyridine rings is 1. The van der Waals surface area contributed by atoms with E-state index in [4.69, 9.17) is 4.74 Å². The van der Waals surface area contributed by atoms with Crippen LogP contribution in [0.2, 0.25) is 0 Å². The van der Waals surface area contributed by atoms with Crippen LogP contribution in [0.15, 0.2) is 42.7 Å². The van der Waals surface area contributed by atoms with Crippen LogP contribution >= 0.6 is 0 Å². The number of aliphatic hydroxyl groups excluding tert-OH is 1. The van der Waals surface area contributed by atoms with Gasteiger partial charge in [0, 0.05) is 18.8 Å². The second-order valence-electron chi connectivity index (χ2n) is 3.97. The summed E-state index contributed by atoms with van der Waals surface area (Å²) in [6.07, 6.45) is 2.92. The van der Waals surface area contributed by atoms with Gasteiger partial charge in [-0.15, -0.1) is 0 Å². The quantitative estimate of drug-likeness (QED) is 0.902. The van der Waals surface area contributed by atoms with E-state index in [2.05, 4.69) is 4.98 Å². The third kappa shape index (κ3) is 2.84. The maximum Gasteiger partial charge on any atom is 0.165 e. The van der Waals surface area contributed by atoms with Gasteiger partial charge in [-0.25, -0.2) is 4.39 Å². The first kappa shape index (κ1) is 12.5. The zero-order valence-electron chi connectivity index (χ0n) is 10.0. The lowest BCUT2D eigenvalue weighted by molar-refractivity contribution is 0.178. The number of rotatable bonds is 4. The van der Waals surface area contributed by atoms with E-state index in [1.165, 1.54) is 13.2 Å². The van der Waals surface area contributed by atoms with Gasteiger partial charge in [0.2, 0.25) is 0 Å². The Morgan fingerprint density at radius 2 is 2.00 bits per heavy atom. The Bertz CT molecular complexity index is 516. The Labute approximate surface area is 105 Å². The fraction of sp³-hybridized carbons (Fsp3) is 0.214. The highest BCUT2D eigenvalue weighted by atomic mass is 19.1. The first-order valence-corrected chi connectivity index (χ1v) is 5.61. The summed E-state index contributed by atoms with van der Waals surface area (Å²) in [5, 5.41) is 10.0. The Morgan fingerprint density at radius 1 is 1.28 bits per heavy atom. The number of hydrogen-bond donors (Lipinski definition) is 1. The van der Waals surface area contributed by atoms with Gasteiger partial charge in [-0.3, -0.25) is 4.98 Å². The molecule has 3 nitrogen and oxygen atoms in total. The fourth-order valence-corrected chi connectivity index (χ4v) is 1.76. The topological polar surface area (TPSA) is 42.4 Å². The van der Waals surface area contributed by atoms with E-state index in [0.717, 1.165) is 11.1 Å². The van der Waals surface area contributed by atoms with Crippen molar-refractivity contribution in [1.29, 1.82) is 0 Å². The third-order valence-corrected chi connectivity index (χ3v) is 2.74. The third-order valence-electron chi connectivity index (χ3n) is 2.74. The molecule has 0 aliphatic heterocycles. The SMILES string of the molecule is COc1ccc(CC(O)c2ccncc2)cc1F. The molecule has 0 saturated heterocycles. The van der Waals surface area contributed by atoms with E-state index in [0.29, 0.717) is 6.42 Å². The van der Waals surface area contributed by atoms with Gasteiger partial charge in [-0.1, -0.05) is 6.07 Å². The Hall–Kier alpha value is -1.94. The minimum atomic E-state index is -0.666. The number of ether oxygens (including phenoxy) is 1. The smallest absolute Gasteiger partial charge is 0.165 e. The van der Waals surface area contributed by atoms with Crippen LogP contribution in [-0.4, -0.2) is 17.2 Å². The standard InChI is InChI=1S/C14H14FNO2/c1-18-14-3-2-10(8-12(14)15)9-13(17)11-4-6-16-7-5-11/h2-8,13,17H,9H2,1H3. The number of benzene rings is 1. The van der Waals surface area contributed by atoms with Gasteiger partial charge in [0.25, 0.3) is 0 Å². The van der Waals surface area contributed by atoms with Crippen molar-refractivity contribution >= 4 is 0 Å². The Kier molecular flexibility index (Phi) is 3.89. The average Bonchev–Trinajstić information content (AvgIpc) is 2.40. The van der Waals surface area contributed by atoms with Crippen LogP contribution in [0.5, 0.6) is 5.75 Å². The molecule has 1 aromatic carbocycles. The van der Waals surface area contributed by atoms with Crippen LogP contribution < -0.4 is 4.74 Å². The molecule has 0 aliphatic carbocycles. The highest BCUT2D eigenvalue weighted by Crippen LogP contribution is 2.22. The second-order valence-corrected chi connectivity index (χ2v) is 3.97. The van der Waals surface area contributed by atoms with E-state index in [1.54, 1.807) is 36.7 Å². The lowest BCUT2D eigenvalue weighted by Gasteiger charge is -2.11. The lowest BCUT2D eigenvalue weighted by atomic mass is 10.0. The minimum Gasteiger partial charge on any atom is -0.494 e. The van der Waals surface area contributed by atoms with Crippen LogP contribution in [0.4, 0.5) is 4.39 Å². The van der Waals surface area contributed by atoms with E-state index in [9.17, 15) is 9.50 Å². The summed E-state index contributed by atoms with van der Waals surface area (Å²) in [4.78, 5) is 3.88. The van der Waals surface area contributed by atoms with E-state index in [-0.39, 0.29) is 5.75 Å². The minimum absolute atomic E-state index is 0.206. The summed E-state index contributed by atoms with van der Waals surface area (Å²) in [7, 11) is 1.42. The fourth-order valence-electron chi connectivity index (χ4n) is 1.76. The van der Waals surface area contributed by atoms with Crippen molar-refractivity contribution in [3.05, 3.63) is 59.7 Å². The van der Waals surface area contributed by atoms with Crippen molar-refractivity contribution in [2.75, 3.05) is 7.11 Å². The molecule has 0 fully saturated rings. The van der Waals surface area contributed by atoms with E-state index < -0.39 is 11.9 Å². The maximum absolute atomic E-state index is 13.5. The molecular weight excluding hydrogens is 233 g/mol. The van der Waals surface area contributed by atoms with Crippen LogP contribution in [0, 0.1) is 5.82 Å². The summed E-state index contributed by atoms with van der Waals surface area (Å²) in [6, 6.07) is 8.16. The van der Waals surface area contributed by atoms with Crippen molar-refractivity contribution in [2.24, 2.45) is 0 Å². The number of nitrogens with zero attached hydrogens (tertiary/aromatic N) is 1. The molecule has 0 amide bonds. The van der Waals surface area contributed by atoms with Crippen molar-refractivity contribution in [3.63, 3.8) is 0 Å². The van der Waals surface area contributed by atoms with E-state index in [1.807, 2.05) is 0 Å². The van der Waals surface area contributed by atoms with Crippen molar-refractivity contribution < 1.29 is 14.2 Å². The average molecular weight is 247 g/mol. The number of hydrogen-bond acceptors (Lipinski definition) is 3. The molecule has 0 bridgehead atoms. The van der Waals surface area contributed by atoms with Crippen molar-refractivity contribution in [2.45, 2.75) is 12.5 Å². The van der Waals surface area contributed by atoms with Gasteiger partial charge in [-0.2, -0.15) is 0 Å². The highest BCUT2D eigenvalue weighted by molar-refractivity contribution is 5.30. The highest BCUT2D eigenvalue weighted by Gasteiger charge is 2.10. The molecule has 0 aliphatic rings. The molecule has 1 atom stereocenters. The molecule has 4 heteroatoms. The van der Waals surface area contributed by atoms with Crippen LogP contribution in [-0.2, 0) is 6.42 Å². The molecule has 2 rings (SSSR count). The normalized spacial score (nSPS) is 12.2. The lowest BCUT2D eigenvalue weighted by Crippen LogP contribution is -2.02. The molecule has 1 heterocycles.